The molecule has 2 aromatic heterocycles. The molecule has 0 aliphatic heterocycles. The average molecular weight is 433 g/mol. The van der Waals surface area contributed by atoms with Crippen LogP contribution in [0.4, 0.5) is 13.2 Å². The highest BCUT2D eigenvalue weighted by molar-refractivity contribution is 7.90. The van der Waals surface area contributed by atoms with Gasteiger partial charge in [-0.15, -0.1) is 0 Å². The number of sulfone groups is 1. The van der Waals surface area contributed by atoms with Gasteiger partial charge in [-0.25, -0.2) is 17.8 Å². The van der Waals surface area contributed by atoms with Crippen molar-refractivity contribution in [3.8, 4) is 5.69 Å². The number of hydrogen-bond donors (Lipinski definition) is 0. The van der Waals surface area contributed by atoms with Crippen LogP contribution < -0.4 is 11.2 Å². The predicted molar refractivity (Wildman–Crippen MR) is 98.7 cm³/mol. The molecule has 0 radical (unpaired) electrons. The first kappa shape index (κ1) is 20.3. The van der Waals surface area contributed by atoms with E-state index in [0.29, 0.717) is 25.3 Å². The van der Waals surface area contributed by atoms with Gasteiger partial charge in [0.15, 0.2) is 9.84 Å². The lowest BCUT2D eigenvalue weighted by molar-refractivity contribution is -0.144. The average Bonchev–Trinajstić information content (AvgIpc) is 2.98. The van der Waals surface area contributed by atoms with Gasteiger partial charge in [-0.1, -0.05) is 0 Å². The van der Waals surface area contributed by atoms with Crippen molar-refractivity contribution in [1.82, 2.24) is 13.5 Å². The molecular weight excluding hydrogens is 419 g/mol. The van der Waals surface area contributed by atoms with Crippen molar-refractivity contribution in [3.63, 3.8) is 0 Å². The Morgan fingerprint density at radius 3 is 2.39 bits per heavy atom. The van der Waals surface area contributed by atoms with Crippen LogP contribution >= 0.6 is 11.5 Å². The summed E-state index contributed by atoms with van der Waals surface area (Å²) in [5, 5.41) is -0.516. The van der Waals surface area contributed by atoms with Crippen LogP contribution in [0.1, 0.15) is 23.6 Å². The number of aromatic nitrogens is 3. The van der Waals surface area contributed by atoms with E-state index in [2.05, 4.69) is 4.37 Å². The Hall–Kier alpha value is -2.47. The molecule has 0 N–H and O–H groups in total. The highest BCUT2D eigenvalue weighted by Gasteiger charge is 2.35. The van der Waals surface area contributed by atoms with Gasteiger partial charge in [0, 0.05) is 24.8 Å². The van der Waals surface area contributed by atoms with Crippen LogP contribution in [-0.2, 0) is 23.1 Å². The maximum Gasteiger partial charge on any atom is 0.431 e. The van der Waals surface area contributed by atoms with E-state index < -0.39 is 38.2 Å². The van der Waals surface area contributed by atoms with E-state index in [4.69, 9.17) is 0 Å². The van der Waals surface area contributed by atoms with E-state index in [-0.39, 0.29) is 11.4 Å². The molecule has 1 unspecified atom stereocenters. The molecule has 0 bridgehead atoms. The Bertz CT molecular complexity index is 1300. The zero-order chi connectivity index (χ0) is 21.0. The summed E-state index contributed by atoms with van der Waals surface area (Å²) >= 11 is 1.05. The van der Waals surface area contributed by atoms with Gasteiger partial charge in [0.25, 0.3) is 5.56 Å². The number of hydrogen-bond acceptors (Lipinski definition) is 6. The minimum Gasteiger partial charge on any atom is -0.292 e. The molecule has 0 fully saturated rings. The summed E-state index contributed by atoms with van der Waals surface area (Å²) in [5.41, 5.74) is -3.39. The van der Waals surface area contributed by atoms with Gasteiger partial charge in [0.1, 0.15) is 10.9 Å². The Labute approximate surface area is 160 Å². The maximum atomic E-state index is 13.0. The predicted octanol–water partition coefficient (Wildman–Crippen LogP) is 2.27. The minimum absolute atomic E-state index is 0.0222. The summed E-state index contributed by atoms with van der Waals surface area (Å²) in [6, 6.07) is 4.65. The van der Waals surface area contributed by atoms with Crippen molar-refractivity contribution in [3.05, 3.63) is 56.5 Å². The van der Waals surface area contributed by atoms with Gasteiger partial charge < -0.3 is 0 Å². The highest BCUT2D eigenvalue weighted by Crippen LogP contribution is 2.32. The van der Waals surface area contributed by atoms with Gasteiger partial charge in [-0.2, -0.15) is 17.5 Å². The smallest absolute Gasteiger partial charge is 0.292 e. The Balaban J connectivity index is 2.28. The molecular formula is C16H14F3N3O4S2. The van der Waals surface area contributed by atoms with E-state index in [9.17, 15) is 31.2 Å². The molecule has 12 heteroatoms. The van der Waals surface area contributed by atoms with Crippen LogP contribution in [-0.4, -0.2) is 28.2 Å². The molecule has 0 amide bonds. The standard InChI is InChI=1S/C16H14F3N3O4S2/c1-8(28(3,25)26)14-10-6-9(4-5-11(10)27-20-14)22-13(23)7-12(16(17,18)19)21(2)15(22)24/h4-8H,1-3H3. The van der Waals surface area contributed by atoms with Crippen LogP contribution in [0.15, 0.2) is 33.9 Å². The largest absolute Gasteiger partial charge is 0.431 e. The summed E-state index contributed by atoms with van der Waals surface area (Å²) in [4.78, 5) is 24.7. The van der Waals surface area contributed by atoms with Crippen LogP contribution in [0.5, 0.6) is 0 Å². The second-order valence-corrected chi connectivity index (χ2v) is 9.43. The first-order valence-electron chi connectivity index (χ1n) is 7.81. The molecule has 3 aromatic rings. The summed E-state index contributed by atoms with van der Waals surface area (Å²) < 4.78 is 68.4. The van der Waals surface area contributed by atoms with E-state index >= 15 is 0 Å². The quantitative estimate of drug-likeness (QED) is 0.632. The van der Waals surface area contributed by atoms with Crippen molar-refractivity contribution in [2.75, 3.05) is 6.26 Å². The number of halogens is 3. The summed E-state index contributed by atoms with van der Waals surface area (Å²) in [7, 11) is -2.54. The monoisotopic (exact) mass is 433 g/mol. The molecule has 150 valence electrons. The third kappa shape index (κ3) is 3.37. The van der Waals surface area contributed by atoms with Gasteiger partial charge in [0.05, 0.1) is 16.1 Å². The summed E-state index contributed by atoms with van der Waals surface area (Å²) in [6.45, 7) is 1.46. The zero-order valence-electron chi connectivity index (χ0n) is 14.8. The van der Waals surface area contributed by atoms with Crippen molar-refractivity contribution in [2.24, 2.45) is 7.05 Å². The Kier molecular flexibility index (Phi) is 4.74. The molecule has 0 aliphatic rings. The third-order valence-electron chi connectivity index (χ3n) is 4.38. The Morgan fingerprint density at radius 2 is 1.82 bits per heavy atom. The molecule has 0 aliphatic carbocycles. The van der Waals surface area contributed by atoms with Crippen LogP contribution in [0.25, 0.3) is 15.8 Å². The van der Waals surface area contributed by atoms with Crippen molar-refractivity contribution < 1.29 is 21.6 Å². The second-order valence-electron chi connectivity index (χ2n) is 6.26. The highest BCUT2D eigenvalue weighted by atomic mass is 32.2. The zero-order valence-corrected chi connectivity index (χ0v) is 16.4. The molecule has 1 aromatic carbocycles. The van der Waals surface area contributed by atoms with Crippen molar-refractivity contribution >= 4 is 31.5 Å². The first-order chi connectivity index (χ1) is 12.8. The lowest BCUT2D eigenvalue weighted by atomic mass is 10.1. The lowest BCUT2D eigenvalue weighted by Crippen LogP contribution is -2.40. The van der Waals surface area contributed by atoms with E-state index in [1.807, 2.05) is 0 Å². The number of rotatable bonds is 3. The van der Waals surface area contributed by atoms with Crippen molar-refractivity contribution in [1.29, 1.82) is 0 Å². The van der Waals surface area contributed by atoms with E-state index in [1.165, 1.54) is 25.1 Å². The minimum atomic E-state index is -4.86. The molecule has 7 nitrogen and oxygen atoms in total. The SMILES string of the molecule is CC(c1nsc2ccc(-n3c(=O)cc(C(F)(F)F)n(C)c3=O)cc12)S(C)(=O)=O. The van der Waals surface area contributed by atoms with Crippen molar-refractivity contribution in [2.45, 2.75) is 18.3 Å². The van der Waals surface area contributed by atoms with Gasteiger partial charge in [-0.3, -0.25) is 9.36 Å². The van der Waals surface area contributed by atoms with Crippen LogP contribution in [0.3, 0.4) is 0 Å². The maximum absolute atomic E-state index is 13.0. The fourth-order valence-corrected chi connectivity index (χ4v) is 4.21. The van der Waals surface area contributed by atoms with Gasteiger partial charge in [0.2, 0.25) is 0 Å². The van der Waals surface area contributed by atoms with Crippen LogP contribution in [0.2, 0.25) is 0 Å². The van der Waals surface area contributed by atoms with Gasteiger partial charge >= 0.3 is 11.9 Å². The number of alkyl halides is 3. The molecule has 1 atom stereocenters. The Morgan fingerprint density at radius 1 is 1.18 bits per heavy atom. The molecule has 0 saturated carbocycles. The molecule has 0 saturated heterocycles. The number of fused-ring (bicyclic) bond motifs is 1. The second kappa shape index (κ2) is 6.55. The number of benzene rings is 1. The fourth-order valence-electron chi connectivity index (χ4n) is 2.72. The summed E-state index contributed by atoms with van der Waals surface area (Å²) in [6.07, 6.45) is -3.80. The number of nitrogens with zero attached hydrogens (tertiary/aromatic N) is 3. The third-order valence-corrected chi connectivity index (χ3v) is 6.73. The van der Waals surface area contributed by atoms with E-state index in [1.54, 1.807) is 0 Å². The topological polar surface area (TPSA) is 91.0 Å². The molecule has 0 spiro atoms. The van der Waals surface area contributed by atoms with Crippen LogP contribution in [0, 0.1) is 0 Å². The molecule has 2 heterocycles. The summed E-state index contributed by atoms with van der Waals surface area (Å²) in [5.74, 6) is 0. The first-order valence-corrected chi connectivity index (χ1v) is 10.5. The lowest BCUT2D eigenvalue weighted by Gasteiger charge is -2.14. The normalized spacial score (nSPS) is 13.8. The molecule has 28 heavy (non-hydrogen) atoms. The molecule has 3 rings (SSSR count). The van der Waals surface area contributed by atoms with E-state index in [0.717, 1.165) is 24.8 Å². The fraction of sp³-hybridized carbons (Fsp3) is 0.312. The van der Waals surface area contributed by atoms with Gasteiger partial charge in [-0.05, 0) is 36.7 Å².